The number of fused-ring (bicyclic) bond motifs is 3. The number of rotatable bonds is 8. The number of benzene rings is 5. The van der Waals surface area contributed by atoms with Gasteiger partial charge in [0.25, 0.3) is 0 Å². The van der Waals surface area contributed by atoms with E-state index in [1.54, 1.807) is 0 Å². The van der Waals surface area contributed by atoms with Crippen molar-refractivity contribution in [1.82, 2.24) is 15.0 Å². The van der Waals surface area contributed by atoms with Crippen molar-refractivity contribution in [2.24, 2.45) is 5.92 Å². The van der Waals surface area contributed by atoms with E-state index in [1.807, 2.05) is 66.7 Å². The number of hydrogen-bond donors (Lipinski definition) is 0. The summed E-state index contributed by atoms with van der Waals surface area (Å²) < 4.78 is 6.86. The smallest absolute Gasteiger partial charge is 0.167 e. The summed E-state index contributed by atoms with van der Waals surface area (Å²) >= 11 is 0. The van der Waals surface area contributed by atoms with Crippen molar-refractivity contribution >= 4 is 27.6 Å². The molecule has 0 amide bonds. The average molecular weight is 725 g/mol. The van der Waals surface area contributed by atoms with Crippen molar-refractivity contribution in [1.29, 1.82) is 0 Å². The van der Waals surface area contributed by atoms with Crippen LogP contribution >= 0.6 is 0 Å². The molecule has 0 saturated carbocycles. The molecule has 56 heavy (non-hydrogen) atoms. The lowest BCUT2D eigenvalue weighted by Crippen LogP contribution is -2.34. The first-order chi connectivity index (χ1) is 27.8. The van der Waals surface area contributed by atoms with Gasteiger partial charge in [-0.25, -0.2) is 15.0 Å². The molecule has 3 aliphatic carbocycles. The monoisotopic (exact) mass is 724 g/mol. The zero-order valence-corrected chi connectivity index (χ0v) is 30.9. The van der Waals surface area contributed by atoms with Gasteiger partial charge in [0.15, 0.2) is 17.5 Å². The van der Waals surface area contributed by atoms with Crippen LogP contribution in [0, 0.1) is 5.92 Å². The van der Waals surface area contributed by atoms with Gasteiger partial charge < -0.3 is 9.32 Å². The van der Waals surface area contributed by atoms with Gasteiger partial charge in [-0.05, 0) is 54.7 Å². The van der Waals surface area contributed by atoms with Crippen LogP contribution in [0.3, 0.4) is 0 Å². The lowest BCUT2D eigenvalue weighted by atomic mass is 9.87. The molecule has 5 heteroatoms. The van der Waals surface area contributed by atoms with E-state index in [4.69, 9.17) is 19.4 Å². The van der Waals surface area contributed by atoms with Crippen LogP contribution in [0.2, 0.25) is 0 Å². The van der Waals surface area contributed by atoms with E-state index < -0.39 is 0 Å². The third kappa shape index (κ3) is 6.41. The van der Waals surface area contributed by atoms with Crippen molar-refractivity contribution in [2.75, 3.05) is 4.90 Å². The van der Waals surface area contributed by atoms with Gasteiger partial charge in [0, 0.05) is 34.0 Å². The number of hydrogen-bond acceptors (Lipinski definition) is 5. The number of aromatic nitrogens is 3. The molecular formula is C51H40N4O. The maximum atomic E-state index is 6.86. The molecule has 270 valence electrons. The SMILES string of the molecule is C1=CCC(C2=CCC(N(C3=CCC(c4ccccc4)C=C3)c3ccc(-c4nc(-c5ccccc5)nc(-c5ccccc5)n4)c4oc5ccccc5c34)C=C2)C=C1. The van der Waals surface area contributed by atoms with Crippen molar-refractivity contribution < 1.29 is 4.42 Å². The van der Waals surface area contributed by atoms with Crippen molar-refractivity contribution in [2.45, 2.75) is 31.2 Å². The molecule has 0 fully saturated rings. The highest BCUT2D eigenvalue weighted by molar-refractivity contribution is 6.15. The zero-order valence-electron chi connectivity index (χ0n) is 30.9. The Morgan fingerprint density at radius 1 is 0.554 bits per heavy atom. The van der Waals surface area contributed by atoms with Crippen LogP contribution in [-0.4, -0.2) is 21.0 Å². The molecular weight excluding hydrogens is 685 g/mol. The summed E-state index contributed by atoms with van der Waals surface area (Å²) in [5.74, 6) is 2.56. The number of nitrogens with zero attached hydrogens (tertiary/aromatic N) is 4. The van der Waals surface area contributed by atoms with Gasteiger partial charge in [-0.15, -0.1) is 0 Å². The minimum atomic E-state index is 0.0975. The van der Waals surface area contributed by atoms with E-state index in [9.17, 15) is 0 Å². The van der Waals surface area contributed by atoms with Crippen LogP contribution in [0.25, 0.3) is 56.1 Å². The summed E-state index contributed by atoms with van der Waals surface area (Å²) in [6, 6.07) is 43.8. The molecule has 0 bridgehead atoms. The minimum absolute atomic E-state index is 0.0975. The molecule has 0 radical (unpaired) electrons. The van der Waals surface area contributed by atoms with E-state index in [0.29, 0.717) is 29.3 Å². The highest BCUT2D eigenvalue weighted by Crippen LogP contribution is 2.45. The third-order valence-corrected chi connectivity index (χ3v) is 11.1. The fourth-order valence-electron chi connectivity index (χ4n) is 8.28. The predicted octanol–water partition coefficient (Wildman–Crippen LogP) is 12.6. The van der Waals surface area contributed by atoms with E-state index in [-0.39, 0.29) is 6.04 Å². The van der Waals surface area contributed by atoms with Gasteiger partial charge in [-0.2, -0.15) is 0 Å². The van der Waals surface area contributed by atoms with Crippen LogP contribution in [0.4, 0.5) is 5.69 Å². The second-order valence-corrected chi connectivity index (χ2v) is 14.6. The van der Waals surface area contributed by atoms with Gasteiger partial charge in [-0.1, -0.05) is 164 Å². The molecule has 0 aliphatic heterocycles. The quantitative estimate of drug-likeness (QED) is 0.156. The molecule has 0 saturated heterocycles. The minimum Gasteiger partial charge on any atom is -0.455 e. The molecule has 10 rings (SSSR count). The fourth-order valence-corrected chi connectivity index (χ4v) is 8.28. The Bertz CT molecular complexity index is 2680. The molecule has 5 nitrogen and oxygen atoms in total. The maximum Gasteiger partial charge on any atom is 0.167 e. The van der Waals surface area contributed by atoms with Gasteiger partial charge >= 0.3 is 0 Å². The lowest BCUT2D eigenvalue weighted by molar-refractivity contribution is 0.669. The van der Waals surface area contributed by atoms with Gasteiger partial charge in [0.2, 0.25) is 0 Å². The standard InChI is InChI=1S/C51H40N4O/c1-5-15-35(16-6-1)37-25-29-41(30-26-37)55(42-31-27-38(28-32-42)36-17-7-2-8-18-36)45-34-33-44(48-47(45)43-23-13-14-24-46(43)56-48)51-53-49(39-19-9-3-10-20-39)52-50(54-51)40-21-11-4-12-22-40/h1-17,19-25,27-31,33-34,36-37,42H,18,26,32H2. The Kier molecular flexibility index (Phi) is 8.88. The van der Waals surface area contributed by atoms with Crippen LogP contribution in [-0.2, 0) is 0 Å². The van der Waals surface area contributed by atoms with E-state index in [0.717, 1.165) is 63.6 Å². The number of para-hydroxylation sites is 1. The Hall–Kier alpha value is -6.85. The second kappa shape index (κ2) is 14.8. The van der Waals surface area contributed by atoms with Crippen molar-refractivity contribution in [3.05, 3.63) is 205 Å². The normalized spacial score (nSPS) is 19.0. The third-order valence-electron chi connectivity index (χ3n) is 11.1. The van der Waals surface area contributed by atoms with Gasteiger partial charge in [0.1, 0.15) is 11.2 Å². The predicted molar refractivity (Wildman–Crippen MR) is 229 cm³/mol. The summed E-state index contributed by atoms with van der Waals surface area (Å²) in [5.41, 5.74) is 9.26. The highest BCUT2D eigenvalue weighted by Gasteiger charge is 2.29. The summed E-state index contributed by atoms with van der Waals surface area (Å²) in [7, 11) is 0. The molecule has 0 N–H and O–H groups in total. The van der Waals surface area contributed by atoms with E-state index in [1.165, 1.54) is 16.8 Å². The highest BCUT2D eigenvalue weighted by atomic mass is 16.3. The Morgan fingerprint density at radius 2 is 1.25 bits per heavy atom. The molecule has 3 atom stereocenters. The Balaban J connectivity index is 1.13. The molecule has 0 spiro atoms. The lowest BCUT2D eigenvalue weighted by Gasteiger charge is -2.36. The zero-order chi connectivity index (χ0) is 37.3. The molecule has 3 unspecified atom stereocenters. The summed E-state index contributed by atoms with van der Waals surface area (Å²) in [4.78, 5) is 17.7. The average Bonchev–Trinajstić information content (AvgIpc) is 3.68. The Morgan fingerprint density at radius 3 is 1.91 bits per heavy atom. The van der Waals surface area contributed by atoms with Crippen molar-refractivity contribution in [3.8, 4) is 34.2 Å². The maximum absolute atomic E-state index is 6.86. The van der Waals surface area contributed by atoms with E-state index >= 15 is 0 Å². The van der Waals surface area contributed by atoms with Gasteiger partial charge in [-0.3, -0.25) is 0 Å². The molecule has 3 aliphatic rings. The number of furan rings is 1. The molecule has 5 aromatic carbocycles. The topological polar surface area (TPSA) is 55.1 Å². The largest absolute Gasteiger partial charge is 0.455 e. The van der Waals surface area contributed by atoms with Crippen LogP contribution < -0.4 is 4.90 Å². The number of allylic oxidation sites excluding steroid dienone is 9. The molecule has 2 aromatic heterocycles. The van der Waals surface area contributed by atoms with Crippen LogP contribution in [0.15, 0.2) is 204 Å². The van der Waals surface area contributed by atoms with Gasteiger partial charge in [0.05, 0.1) is 22.7 Å². The van der Waals surface area contributed by atoms with E-state index in [2.05, 4.69) is 126 Å². The first-order valence-electron chi connectivity index (χ1n) is 19.5. The summed E-state index contributed by atoms with van der Waals surface area (Å²) in [6.07, 6.45) is 26.0. The Labute approximate surface area is 327 Å². The first-order valence-corrected chi connectivity index (χ1v) is 19.5. The van der Waals surface area contributed by atoms with Crippen LogP contribution in [0.5, 0.6) is 0 Å². The fraction of sp³-hybridized carbons (Fsp3) is 0.118. The number of anilines is 1. The molecule has 7 aromatic rings. The first kappa shape index (κ1) is 33.7. The second-order valence-electron chi connectivity index (χ2n) is 14.6. The van der Waals surface area contributed by atoms with Crippen LogP contribution in [0.1, 0.15) is 30.7 Å². The summed E-state index contributed by atoms with van der Waals surface area (Å²) in [6.45, 7) is 0. The van der Waals surface area contributed by atoms with Crippen molar-refractivity contribution in [3.63, 3.8) is 0 Å². The summed E-state index contributed by atoms with van der Waals surface area (Å²) in [5, 5.41) is 2.10. The molecule has 2 heterocycles.